The van der Waals surface area contributed by atoms with Crippen LogP contribution in [-0.2, 0) is 0 Å². The lowest BCUT2D eigenvalue weighted by molar-refractivity contribution is 0.135. The molecule has 2 rings (SSSR count). The number of nitrogens with one attached hydrogen (secondary N) is 1. The first-order valence-electron chi connectivity index (χ1n) is 6.12. The highest BCUT2D eigenvalue weighted by atomic mass is 15.5. The summed E-state index contributed by atoms with van der Waals surface area (Å²) in [4.78, 5) is 4.06. The average molecular weight is 230 g/mol. The summed E-state index contributed by atoms with van der Waals surface area (Å²) >= 11 is 0. The summed E-state index contributed by atoms with van der Waals surface area (Å²) in [5.41, 5.74) is 4.61. The Balaban J connectivity index is 2.17. The molecule has 17 heavy (non-hydrogen) atoms. The number of piperidine rings is 1. The summed E-state index contributed by atoms with van der Waals surface area (Å²) in [7, 11) is 0. The van der Waals surface area contributed by atoms with Gasteiger partial charge in [0.15, 0.2) is 5.69 Å². The molecule has 2 unspecified atom stereocenters. The van der Waals surface area contributed by atoms with Crippen LogP contribution in [0.25, 0.3) is 0 Å². The summed E-state index contributed by atoms with van der Waals surface area (Å²) in [5, 5.41) is 11.2. The Morgan fingerprint density at radius 1 is 1.41 bits per heavy atom. The van der Waals surface area contributed by atoms with E-state index in [4.69, 9.17) is 5.26 Å². The van der Waals surface area contributed by atoms with Gasteiger partial charge in [-0.1, -0.05) is 6.42 Å². The van der Waals surface area contributed by atoms with Gasteiger partial charge in [0.05, 0.1) is 5.69 Å². The van der Waals surface area contributed by atoms with Crippen molar-refractivity contribution in [1.82, 2.24) is 9.99 Å². The Labute approximate surface area is 102 Å². The lowest BCUT2D eigenvalue weighted by atomic mass is 10.00. The monoisotopic (exact) mass is 230 g/mol. The number of hydrogen-bond donors (Lipinski definition) is 1. The van der Waals surface area contributed by atoms with E-state index in [-0.39, 0.29) is 0 Å². The zero-order valence-corrected chi connectivity index (χ0v) is 10.3. The van der Waals surface area contributed by atoms with Crippen molar-refractivity contribution < 1.29 is 0 Å². The maximum atomic E-state index is 9.01. The van der Waals surface area contributed by atoms with Crippen molar-refractivity contribution in [3.63, 3.8) is 0 Å². The van der Waals surface area contributed by atoms with Crippen LogP contribution in [0.5, 0.6) is 0 Å². The summed E-state index contributed by atoms with van der Waals surface area (Å²) in [6.07, 6.45) is 5.31. The van der Waals surface area contributed by atoms with Crippen LogP contribution < -0.4 is 5.43 Å². The van der Waals surface area contributed by atoms with E-state index in [2.05, 4.69) is 35.3 Å². The van der Waals surface area contributed by atoms with Crippen LogP contribution in [0.2, 0.25) is 0 Å². The molecule has 0 spiro atoms. The first kappa shape index (κ1) is 11.9. The number of rotatable bonds is 2. The fourth-order valence-electron chi connectivity index (χ4n) is 2.37. The molecular weight excluding hydrogens is 212 g/mol. The number of nitriles is 1. The van der Waals surface area contributed by atoms with Crippen molar-refractivity contribution in [2.45, 2.75) is 45.2 Å². The summed E-state index contributed by atoms with van der Waals surface area (Å²) < 4.78 is 0. The van der Waals surface area contributed by atoms with Crippen molar-refractivity contribution in [3.05, 3.63) is 24.0 Å². The Bertz CT molecular complexity index is 414. The van der Waals surface area contributed by atoms with Gasteiger partial charge in [-0.15, -0.1) is 0 Å². The zero-order chi connectivity index (χ0) is 12.3. The number of pyridine rings is 1. The molecule has 1 aromatic rings. The summed E-state index contributed by atoms with van der Waals surface area (Å²) in [5.74, 6) is 0. The minimum Gasteiger partial charge on any atom is -0.316 e. The molecular formula is C13H18N4. The van der Waals surface area contributed by atoms with E-state index >= 15 is 0 Å². The lowest BCUT2D eigenvalue weighted by Gasteiger charge is -2.39. The van der Waals surface area contributed by atoms with Gasteiger partial charge in [-0.2, -0.15) is 5.26 Å². The molecule has 1 fully saturated rings. The molecule has 0 saturated carbocycles. The maximum Gasteiger partial charge on any atom is 0.164 e. The standard InChI is InChI=1S/C13H18N4/c1-10-5-3-6-11(2)17(10)16-12-7-4-8-15-13(12)9-14/h4,7-8,10-11,16H,3,5-6H2,1-2H3. The van der Waals surface area contributed by atoms with Crippen LogP contribution in [0, 0.1) is 11.3 Å². The molecule has 1 aliphatic heterocycles. The third-order valence-electron chi connectivity index (χ3n) is 3.36. The molecule has 90 valence electrons. The molecule has 4 heteroatoms. The van der Waals surface area contributed by atoms with Gasteiger partial charge in [0.1, 0.15) is 6.07 Å². The van der Waals surface area contributed by atoms with Crippen LogP contribution in [0.4, 0.5) is 5.69 Å². The normalized spacial score (nSPS) is 25.2. The van der Waals surface area contributed by atoms with Crippen molar-refractivity contribution >= 4 is 5.69 Å². The number of aromatic nitrogens is 1. The van der Waals surface area contributed by atoms with Gasteiger partial charge in [-0.05, 0) is 38.8 Å². The van der Waals surface area contributed by atoms with Crippen LogP contribution in [0.3, 0.4) is 0 Å². The Morgan fingerprint density at radius 3 is 2.76 bits per heavy atom. The largest absolute Gasteiger partial charge is 0.316 e. The minimum atomic E-state index is 0.456. The highest BCUT2D eigenvalue weighted by Gasteiger charge is 2.25. The van der Waals surface area contributed by atoms with Gasteiger partial charge >= 0.3 is 0 Å². The Kier molecular flexibility index (Phi) is 3.60. The zero-order valence-electron chi connectivity index (χ0n) is 10.3. The molecule has 0 aliphatic carbocycles. The first-order valence-corrected chi connectivity index (χ1v) is 6.12. The number of anilines is 1. The Hall–Kier alpha value is -1.60. The van der Waals surface area contributed by atoms with Crippen LogP contribution in [0.15, 0.2) is 18.3 Å². The highest BCUT2D eigenvalue weighted by Crippen LogP contribution is 2.24. The van der Waals surface area contributed by atoms with Crippen molar-refractivity contribution in [1.29, 1.82) is 5.26 Å². The third kappa shape index (κ3) is 2.56. The van der Waals surface area contributed by atoms with Crippen LogP contribution in [-0.4, -0.2) is 22.1 Å². The molecule has 2 atom stereocenters. The molecule has 1 N–H and O–H groups in total. The molecule has 0 radical (unpaired) electrons. The fourth-order valence-corrected chi connectivity index (χ4v) is 2.37. The summed E-state index contributed by atoms with van der Waals surface area (Å²) in [6.45, 7) is 4.43. The van der Waals surface area contributed by atoms with Crippen molar-refractivity contribution in [2.24, 2.45) is 0 Å². The van der Waals surface area contributed by atoms with E-state index in [9.17, 15) is 0 Å². The topological polar surface area (TPSA) is 52.0 Å². The average Bonchev–Trinajstić information content (AvgIpc) is 2.34. The maximum absolute atomic E-state index is 9.01. The van der Waals surface area contributed by atoms with Crippen LogP contribution >= 0.6 is 0 Å². The van der Waals surface area contributed by atoms with Gasteiger partial charge < -0.3 is 5.43 Å². The predicted octanol–water partition coefficient (Wildman–Crippen LogP) is 2.54. The third-order valence-corrected chi connectivity index (χ3v) is 3.36. The second-order valence-electron chi connectivity index (χ2n) is 4.66. The smallest absolute Gasteiger partial charge is 0.164 e. The molecule has 4 nitrogen and oxygen atoms in total. The second kappa shape index (κ2) is 5.15. The van der Waals surface area contributed by atoms with E-state index in [1.165, 1.54) is 19.3 Å². The molecule has 1 aromatic heterocycles. The van der Waals surface area contributed by atoms with E-state index in [1.54, 1.807) is 6.20 Å². The lowest BCUT2D eigenvalue weighted by Crippen LogP contribution is -2.47. The molecule has 0 bridgehead atoms. The molecule has 0 aromatic carbocycles. The summed E-state index contributed by atoms with van der Waals surface area (Å²) in [6, 6.07) is 6.85. The van der Waals surface area contributed by atoms with Gasteiger partial charge in [-0.3, -0.25) is 0 Å². The second-order valence-corrected chi connectivity index (χ2v) is 4.66. The SMILES string of the molecule is CC1CCCC(C)N1Nc1cccnc1C#N. The number of hydrazine groups is 1. The van der Waals surface area contributed by atoms with Crippen molar-refractivity contribution in [3.8, 4) is 6.07 Å². The molecule has 2 heterocycles. The van der Waals surface area contributed by atoms with E-state index < -0.39 is 0 Å². The predicted molar refractivity (Wildman–Crippen MR) is 67.2 cm³/mol. The van der Waals surface area contributed by atoms with Gasteiger partial charge in [-0.25, -0.2) is 9.99 Å². The van der Waals surface area contributed by atoms with Crippen LogP contribution in [0.1, 0.15) is 38.8 Å². The van der Waals surface area contributed by atoms with Gasteiger partial charge in [0.25, 0.3) is 0 Å². The van der Waals surface area contributed by atoms with E-state index in [0.717, 1.165) is 5.69 Å². The minimum absolute atomic E-state index is 0.456. The Morgan fingerprint density at radius 2 is 2.12 bits per heavy atom. The highest BCUT2D eigenvalue weighted by molar-refractivity contribution is 5.52. The van der Waals surface area contributed by atoms with E-state index in [1.807, 2.05) is 12.1 Å². The molecule has 1 saturated heterocycles. The van der Waals surface area contributed by atoms with Gasteiger partial charge in [0, 0.05) is 18.3 Å². The fraction of sp³-hybridized carbons (Fsp3) is 0.538. The number of nitrogens with zero attached hydrogens (tertiary/aromatic N) is 3. The molecule has 1 aliphatic rings. The number of hydrogen-bond acceptors (Lipinski definition) is 4. The van der Waals surface area contributed by atoms with E-state index in [0.29, 0.717) is 17.8 Å². The molecule has 0 amide bonds. The van der Waals surface area contributed by atoms with Gasteiger partial charge in [0.2, 0.25) is 0 Å². The first-order chi connectivity index (χ1) is 8.22. The quantitative estimate of drug-likeness (QED) is 0.848. The van der Waals surface area contributed by atoms with Crippen molar-refractivity contribution in [2.75, 3.05) is 5.43 Å².